The summed E-state index contributed by atoms with van der Waals surface area (Å²) in [5.41, 5.74) is 0. The van der Waals surface area contributed by atoms with Crippen LogP contribution in [0.1, 0.15) is 348 Å². The number of rotatable bonds is 59. The van der Waals surface area contributed by atoms with E-state index in [2.05, 4.69) is 43.5 Å². The van der Waals surface area contributed by atoms with Crippen molar-refractivity contribution < 1.29 is 24.5 Å². The average molecular weight is 987 g/mol. The molecule has 0 aromatic rings. The summed E-state index contributed by atoms with van der Waals surface area (Å²) in [6, 6.07) is -0.555. The number of esters is 1. The quantitative estimate of drug-likeness (QED) is 0.0321. The van der Waals surface area contributed by atoms with Crippen LogP contribution in [0.4, 0.5) is 0 Å². The molecule has 0 aliphatic heterocycles. The fraction of sp³-hybridized carbons (Fsp3) is 0.906. The third kappa shape index (κ3) is 55.7. The minimum absolute atomic E-state index is 0.0150. The molecule has 6 heteroatoms. The zero-order chi connectivity index (χ0) is 50.7. The van der Waals surface area contributed by atoms with Crippen molar-refractivity contribution in [3.63, 3.8) is 0 Å². The van der Waals surface area contributed by atoms with Crippen LogP contribution in [0, 0.1) is 0 Å². The number of hydrogen-bond donors (Lipinski definition) is 3. The predicted molar refractivity (Wildman–Crippen MR) is 306 cm³/mol. The molecule has 0 fully saturated rings. The molecule has 0 bridgehead atoms. The van der Waals surface area contributed by atoms with E-state index < -0.39 is 12.1 Å². The molecule has 70 heavy (non-hydrogen) atoms. The van der Waals surface area contributed by atoms with Gasteiger partial charge in [0, 0.05) is 12.8 Å². The average Bonchev–Trinajstić information content (AvgIpc) is 3.36. The highest BCUT2D eigenvalue weighted by molar-refractivity contribution is 5.76. The Bertz CT molecular complexity index is 1090. The van der Waals surface area contributed by atoms with Gasteiger partial charge in [-0.05, 0) is 64.2 Å². The van der Waals surface area contributed by atoms with E-state index in [1.165, 1.54) is 231 Å². The van der Waals surface area contributed by atoms with Crippen LogP contribution in [0.15, 0.2) is 24.3 Å². The first-order valence-electron chi connectivity index (χ1n) is 31.6. The summed E-state index contributed by atoms with van der Waals surface area (Å²) in [5.74, 6) is -0.0622. The molecule has 2 atom stereocenters. The first kappa shape index (κ1) is 68.3. The highest BCUT2D eigenvalue weighted by atomic mass is 16.5. The van der Waals surface area contributed by atoms with Crippen LogP contribution in [-0.2, 0) is 14.3 Å². The van der Waals surface area contributed by atoms with E-state index in [1.807, 2.05) is 0 Å². The first-order chi connectivity index (χ1) is 34.5. The molecule has 0 heterocycles. The summed E-state index contributed by atoms with van der Waals surface area (Å²) in [6.45, 7) is 4.93. The van der Waals surface area contributed by atoms with Gasteiger partial charge >= 0.3 is 5.97 Å². The Labute approximate surface area is 437 Å². The Morgan fingerprint density at radius 2 is 0.714 bits per heavy atom. The fourth-order valence-electron chi connectivity index (χ4n) is 9.91. The van der Waals surface area contributed by atoms with Crippen molar-refractivity contribution in [1.29, 1.82) is 0 Å². The van der Waals surface area contributed by atoms with Crippen LogP contribution in [0.5, 0.6) is 0 Å². The van der Waals surface area contributed by atoms with Gasteiger partial charge in [0.05, 0.1) is 25.4 Å². The van der Waals surface area contributed by atoms with Crippen LogP contribution < -0.4 is 5.32 Å². The molecule has 2 unspecified atom stereocenters. The van der Waals surface area contributed by atoms with Gasteiger partial charge in [0.25, 0.3) is 0 Å². The number of nitrogens with one attached hydrogen (secondary N) is 1. The molecule has 0 saturated heterocycles. The van der Waals surface area contributed by atoms with E-state index >= 15 is 0 Å². The van der Waals surface area contributed by atoms with Crippen molar-refractivity contribution in [3.8, 4) is 0 Å². The van der Waals surface area contributed by atoms with Crippen molar-refractivity contribution in [2.24, 2.45) is 0 Å². The van der Waals surface area contributed by atoms with Gasteiger partial charge in [-0.2, -0.15) is 0 Å². The largest absolute Gasteiger partial charge is 0.466 e. The molecule has 0 aromatic carbocycles. The van der Waals surface area contributed by atoms with Crippen LogP contribution in [0.3, 0.4) is 0 Å². The lowest BCUT2D eigenvalue weighted by Gasteiger charge is -2.22. The summed E-state index contributed by atoms with van der Waals surface area (Å²) < 4.78 is 5.44. The molecule has 0 aliphatic carbocycles. The first-order valence-corrected chi connectivity index (χ1v) is 31.6. The van der Waals surface area contributed by atoms with Crippen LogP contribution >= 0.6 is 0 Å². The number of aliphatic hydroxyl groups excluding tert-OH is 2. The van der Waals surface area contributed by atoms with Gasteiger partial charge < -0.3 is 20.3 Å². The molecule has 414 valence electrons. The van der Waals surface area contributed by atoms with Gasteiger partial charge in [-0.1, -0.05) is 295 Å². The second-order valence-corrected chi connectivity index (χ2v) is 21.7. The molecular formula is C64H123NO5. The summed E-state index contributed by atoms with van der Waals surface area (Å²) in [7, 11) is 0. The molecule has 3 N–H and O–H groups in total. The SMILES string of the molecule is CCCCCCCCCCCCCCCCCCCCCCCCCCCC(O)C(CO)NC(=O)CCCCCCCCC/C=C\C/C=C\CCCCCOC(=O)CCCCCCCCCCCCC. The number of hydrogen-bond acceptors (Lipinski definition) is 5. The van der Waals surface area contributed by atoms with Crippen LogP contribution in [-0.4, -0.2) is 47.4 Å². The van der Waals surface area contributed by atoms with Crippen LogP contribution in [0.25, 0.3) is 0 Å². The fourth-order valence-corrected chi connectivity index (χ4v) is 9.91. The molecule has 0 aliphatic rings. The van der Waals surface area contributed by atoms with Crippen molar-refractivity contribution in [2.45, 2.75) is 360 Å². The van der Waals surface area contributed by atoms with E-state index in [-0.39, 0.29) is 18.5 Å². The number of amides is 1. The molecular weight excluding hydrogens is 863 g/mol. The number of aliphatic hydroxyl groups is 2. The molecule has 0 rings (SSSR count). The van der Waals surface area contributed by atoms with Crippen molar-refractivity contribution in [3.05, 3.63) is 24.3 Å². The van der Waals surface area contributed by atoms with Crippen molar-refractivity contribution in [1.82, 2.24) is 5.32 Å². The van der Waals surface area contributed by atoms with E-state index in [0.717, 1.165) is 83.5 Å². The Morgan fingerprint density at radius 3 is 1.09 bits per heavy atom. The summed E-state index contributed by atoms with van der Waals surface area (Å²) in [5, 5.41) is 23.4. The van der Waals surface area contributed by atoms with E-state index in [9.17, 15) is 19.8 Å². The number of unbranched alkanes of at least 4 members (excludes halogenated alkanes) is 44. The number of ether oxygens (including phenoxy) is 1. The maximum Gasteiger partial charge on any atom is 0.305 e. The van der Waals surface area contributed by atoms with Crippen LogP contribution in [0.2, 0.25) is 0 Å². The molecule has 1 amide bonds. The maximum absolute atomic E-state index is 12.5. The monoisotopic (exact) mass is 986 g/mol. The topological polar surface area (TPSA) is 95.9 Å². The van der Waals surface area contributed by atoms with Gasteiger partial charge in [0.15, 0.2) is 0 Å². The second-order valence-electron chi connectivity index (χ2n) is 21.7. The van der Waals surface area contributed by atoms with Crippen molar-refractivity contribution in [2.75, 3.05) is 13.2 Å². The lowest BCUT2D eigenvalue weighted by Crippen LogP contribution is -2.45. The smallest absolute Gasteiger partial charge is 0.305 e. The third-order valence-corrected chi connectivity index (χ3v) is 14.8. The number of carbonyl (C=O) groups excluding carboxylic acids is 2. The Kier molecular flexibility index (Phi) is 58.5. The maximum atomic E-state index is 12.5. The molecule has 0 saturated carbocycles. The molecule has 0 aromatic heterocycles. The highest BCUT2D eigenvalue weighted by Gasteiger charge is 2.20. The Morgan fingerprint density at radius 1 is 0.400 bits per heavy atom. The van der Waals surface area contributed by atoms with Gasteiger partial charge in [0.2, 0.25) is 5.91 Å². The molecule has 6 nitrogen and oxygen atoms in total. The van der Waals surface area contributed by atoms with Gasteiger partial charge in [-0.15, -0.1) is 0 Å². The van der Waals surface area contributed by atoms with E-state index in [0.29, 0.717) is 25.9 Å². The minimum Gasteiger partial charge on any atom is -0.466 e. The zero-order valence-electron chi connectivity index (χ0n) is 47.3. The van der Waals surface area contributed by atoms with Gasteiger partial charge in [-0.25, -0.2) is 0 Å². The Hall–Kier alpha value is -1.66. The number of allylic oxidation sites excluding steroid dienone is 4. The lowest BCUT2D eigenvalue weighted by molar-refractivity contribution is -0.143. The lowest BCUT2D eigenvalue weighted by atomic mass is 10.0. The van der Waals surface area contributed by atoms with Gasteiger partial charge in [-0.3, -0.25) is 9.59 Å². The molecule has 0 radical (unpaired) electrons. The predicted octanol–water partition coefficient (Wildman–Crippen LogP) is 19.8. The summed E-state index contributed by atoms with van der Waals surface area (Å²) in [6.07, 6.45) is 73.4. The highest BCUT2D eigenvalue weighted by Crippen LogP contribution is 2.18. The van der Waals surface area contributed by atoms with E-state index in [1.54, 1.807) is 0 Å². The summed E-state index contributed by atoms with van der Waals surface area (Å²) >= 11 is 0. The standard InChI is InChI=1S/C64H123NO5/c1-3-5-7-9-11-13-15-16-17-18-19-20-21-22-23-24-25-27-30-33-37-40-44-48-52-56-62(67)61(60-66)65-63(68)57-53-49-45-41-38-34-31-28-26-29-32-35-39-43-47-51-55-59-70-64(69)58-54-50-46-42-36-14-12-10-8-6-4-2/h26,29,35,39,61-62,66-67H,3-25,27-28,30-34,36-38,40-60H2,1-2H3,(H,65,68)/b29-26-,39-35-. The normalized spacial score (nSPS) is 12.7. The number of carbonyl (C=O) groups is 2. The summed E-state index contributed by atoms with van der Waals surface area (Å²) in [4.78, 5) is 24.5. The molecule has 0 spiro atoms. The zero-order valence-corrected chi connectivity index (χ0v) is 47.3. The second kappa shape index (κ2) is 59.9. The minimum atomic E-state index is -0.676. The van der Waals surface area contributed by atoms with Gasteiger partial charge in [0.1, 0.15) is 0 Å². The Balaban J connectivity index is 3.48. The van der Waals surface area contributed by atoms with Crippen molar-refractivity contribution >= 4 is 11.9 Å². The van der Waals surface area contributed by atoms with E-state index in [4.69, 9.17) is 4.74 Å². The third-order valence-electron chi connectivity index (χ3n) is 14.8.